The molecule has 2 N–H and O–H groups in total. The number of alkyl halides is 3. The zero-order valence-electron chi connectivity index (χ0n) is 14.8. The lowest BCUT2D eigenvalue weighted by molar-refractivity contribution is -0.153. The van der Waals surface area contributed by atoms with E-state index in [0.29, 0.717) is 24.5 Å². The van der Waals surface area contributed by atoms with Crippen molar-refractivity contribution in [2.45, 2.75) is 32.1 Å². The molecule has 0 spiro atoms. The topological polar surface area (TPSA) is 79.8 Å². The van der Waals surface area contributed by atoms with Gasteiger partial charge in [0.15, 0.2) is 22.4 Å². The average Bonchev–Trinajstić information content (AvgIpc) is 2.89. The molecule has 1 saturated heterocycles. The first-order valence-corrected chi connectivity index (χ1v) is 10.0. The minimum atomic E-state index is -4.42. The Morgan fingerprint density at radius 1 is 1.33 bits per heavy atom. The molecule has 1 aliphatic rings. The number of para-hydroxylation sites is 1. The van der Waals surface area contributed by atoms with Crippen LogP contribution in [-0.2, 0) is 16.4 Å². The van der Waals surface area contributed by atoms with Gasteiger partial charge < -0.3 is 15.4 Å². The van der Waals surface area contributed by atoms with Crippen molar-refractivity contribution in [3.05, 3.63) is 29.8 Å². The summed E-state index contributed by atoms with van der Waals surface area (Å²) < 4.78 is 65.0. The Hall–Kier alpha value is -1.24. The summed E-state index contributed by atoms with van der Waals surface area (Å²) in [5.74, 6) is 0.717. The van der Waals surface area contributed by atoms with Crippen LogP contribution >= 0.6 is 24.0 Å². The van der Waals surface area contributed by atoms with Crippen molar-refractivity contribution in [3.63, 3.8) is 0 Å². The number of rotatable bonds is 6. The number of aliphatic imine (C=N–C) groups is 1. The maximum atomic E-state index is 12.4. The molecule has 11 heteroatoms. The van der Waals surface area contributed by atoms with Crippen LogP contribution in [0.2, 0.25) is 0 Å². The molecule has 2 rings (SSSR count). The van der Waals surface area contributed by atoms with Crippen molar-refractivity contribution < 1.29 is 26.3 Å². The first kappa shape index (κ1) is 23.8. The standard InChI is InChI=1S/C16H22F3N3O3S.HI/c1-2-20-15(22-13-7-8-26(23,24)10-13)21-9-12-5-3-4-6-14(12)25-11-16(17,18)19;/h3-6,13H,2,7-11H2,1H3,(H2,20,21,22);1H. The van der Waals surface area contributed by atoms with Gasteiger partial charge in [0, 0.05) is 18.2 Å². The summed E-state index contributed by atoms with van der Waals surface area (Å²) in [6, 6.07) is 6.15. The van der Waals surface area contributed by atoms with Crippen LogP contribution in [0.5, 0.6) is 5.75 Å². The van der Waals surface area contributed by atoms with Crippen LogP contribution in [-0.4, -0.2) is 51.3 Å². The molecule has 1 heterocycles. The molecular weight excluding hydrogens is 498 g/mol. The first-order chi connectivity index (χ1) is 12.2. The fourth-order valence-corrected chi connectivity index (χ4v) is 4.19. The van der Waals surface area contributed by atoms with E-state index in [1.54, 1.807) is 18.2 Å². The van der Waals surface area contributed by atoms with Crippen LogP contribution in [0.15, 0.2) is 29.3 Å². The Bertz CT molecular complexity index is 742. The fraction of sp³-hybridized carbons (Fsp3) is 0.562. The normalized spacial score (nSPS) is 19.3. The Balaban J connectivity index is 0.00000364. The molecule has 1 atom stereocenters. The summed E-state index contributed by atoms with van der Waals surface area (Å²) in [5, 5.41) is 6.06. The predicted molar refractivity (Wildman–Crippen MR) is 108 cm³/mol. The van der Waals surface area contributed by atoms with Gasteiger partial charge in [0.2, 0.25) is 0 Å². The third-order valence-electron chi connectivity index (χ3n) is 3.69. The molecule has 1 fully saturated rings. The molecule has 1 aromatic carbocycles. The number of ether oxygens (including phenoxy) is 1. The first-order valence-electron chi connectivity index (χ1n) is 8.21. The van der Waals surface area contributed by atoms with Crippen LogP contribution in [0.4, 0.5) is 13.2 Å². The molecular formula is C16H23F3IN3O3S. The molecule has 27 heavy (non-hydrogen) atoms. The minimum Gasteiger partial charge on any atom is -0.484 e. The SMILES string of the molecule is CCNC(=NCc1ccccc1OCC(F)(F)F)NC1CCS(=O)(=O)C1.I. The Morgan fingerprint density at radius 3 is 2.63 bits per heavy atom. The quantitative estimate of drug-likeness (QED) is 0.342. The Labute approximate surface area is 173 Å². The van der Waals surface area contributed by atoms with Crippen molar-refractivity contribution in [2.24, 2.45) is 4.99 Å². The van der Waals surface area contributed by atoms with Crippen LogP contribution in [0.25, 0.3) is 0 Å². The number of guanidine groups is 1. The van der Waals surface area contributed by atoms with E-state index in [9.17, 15) is 21.6 Å². The van der Waals surface area contributed by atoms with E-state index in [2.05, 4.69) is 15.6 Å². The predicted octanol–water partition coefficient (Wildman–Crippen LogP) is 2.49. The van der Waals surface area contributed by atoms with Crippen molar-refractivity contribution in [1.82, 2.24) is 10.6 Å². The van der Waals surface area contributed by atoms with Crippen LogP contribution < -0.4 is 15.4 Å². The van der Waals surface area contributed by atoms with Crippen molar-refractivity contribution in [3.8, 4) is 5.75 Å². The van der Waals surface area contributed by atoms with Gasteiger partial charge in [-0.25, -0.2) is 13.4 Å². The number of halogens is 4. The maximum absolute atomic E-state index is 12.4. The van der Waals surface area contributed by atoms with Crippen LogP contribution in [0.3, 0.4) is 0 Å². The molecule has 0 radical (unpaired) electrons. The molecule has 154 valence electrons. The van der Waals surface area contributed by atoms with Gasteiger partial charge in [0.05, 0.1) is 18.1 Å². The molecule has 6 nitrogen and oxygen atoms in total. The number of nitrogens with one attached hydrogen (secondary N) is 2. The average molecular weight is 521 g/mol. The highest BCUT2D eigenvalue weighted by molar-refractivity contribution is 14.0. The number of sulfone groups is 1. The summed E-state index contributed by atoms with van der Waals surface area (Å²) >= 11 is 0. The van der Waals surface area contributed by atoms with Crippen molar-refractivity contribution >= 4 is 39.8 Å². The molecule has 1 unspecified atom stereocenters. The third kappa shape index (κ3) is 8.54. The molecule has 0 bridgehead atoms. The van der Waals surface area contributed by atoms with E-state index in [0.717, 1.165) is 0 Å². The van der Waals surface area contributed by atoms with Gasteiger partial charge in [-0.2, -0.15) is 13.2 Å². The van der Waals surface area contributed by atoms with E-state index < -0.39 is 22.6 Å². The summed E-state index contributed by atoms with van der Waals surface area (Å²) in [6.45, 7) is 1.16. The molecule has 0 aliphatic carbocycles. The van der Waals surface area contributed by atoms with Gasteiger partial charge in [-0.05, 0) is 19.4 Å². The molecule has 0 aromatic heterocycles. The summed E-state index contributed by atoms with van der Waals surface area (Å²) in [6.07, 6.45) is -3.92. The smallest absolute Gasteiger partial charge is 0.422 e. The lowest BCUT2D eigenvalue weighted by atomic mass is 10.2. The van der Waals surface area contributed by atoms with E-state index in [4.69, 9.17) is 4.74 Å². The second kappa shape index (κ2) is 10.3. The monoisotopic (exact) mass is 521 g/mol. The third-order valence-corrected chi connectivity index (χ3v) is 5.46. The van der Waals surface area contributed by atoms with E-state index >= 15 is 0 Å². The van der Waals surface area contributed by atoms with E-state index in [1.165, 1.54) is 6.07 Å². The number of nitrogens with zero attached hydrogens (tertiary/aromatic N) is 1. The van der Waals surface area contributed by atoms with Gasteiger partial charge in [0.25, 0.3) is 0 Å². The second-order valence-electron chi connectivity index (χ2n) is 5.95. The largest absolute Gasteiger partial charge is 0.484 e. The fourth-order valence-electron chi connectivity index (χ4n) is 2.52. The highest BCUT2D eigenvalue weighted by Crippen LogP contribution is 2.22. The van der Waals surface area contributed by atoms with E-state index in [-0.39, 0.29) is 53.8 Å². The zero-order chi connectivity index (χ0) is 19.2. The Morgan fingerprint density at radius 2 is 2.04 bits per heavy atom. The summed E-state index contributed by atoms with van der Waals surface area (Å²) in [4.78, 5) is 4.34. The van der Waals surface area contributed by atoms with Crippen LogP contribution in [0.1, 0.15) is 18.9 Å². The van der Waals surface area contributed by atoms with Gasteiger partial charge >= 0.3 is 6.18 Å². The minimum absolute atomic E-state index is 0. The molecule has 1 aliphatic heterocycles. The molecule has 0 saturated carbocycles. The van der Waals surface area contributed by atoms with E-state index in [1.807, 2.05) is 6.92 Å². The zero-order valence-corrected chi connectivity index (χ0v) is 17.9. The number of hydrogen-bond acceptors (Lipinski definition) is 4. The summed E-state index contributed by atoms with van der Waals surface area (Å²) in [7, 11) is -3.02. The van der Waals surface area contributed by atoms with Gasteiger partial charge in [-0.15, -0.1) is 24.0 Å². The number of benzene rings is 1. The highest BCUT2D eigenvalue weighted by atomic mass is 127. The molecule has 0 amide bonds. The highest BCUT2D eigenvalue weighted by Gasteiger charge is 2.29. The Kier molecular flexibility index (Phi) is 9.12. The van der Waals surface area contributed by atoms with Gasteiger partial charge in [-0.1, -0.05) is 18.2 Å². The maximum Gasteiger partial charge on any atom is 0.422 e. The van der Waals surface area contributed by atoms with Gasteiger partial charge in [0.1, 0.15) is 5.75 Å². The van der Waals surface area contributed by atoms with Gasteiger partial charge in [-0.3, -0.25) is 0 Å². The number of hydrogen-bond donors (Lipinski definition) is 2. The second-order valence-corrected chi connectivity index (χ2v) is 8.18. The van der Waals surface area contributed by atoms with Crippen LogP contribution in [0, 0.1) is 0 Å². The molecule has 1 aromatic rings. The lowest BCUT2D eigenvalue weighted by Crippen LogP contribution is -2.44. The lowest BCUT2D eigenvalue weighted by Gasteiger charge is -2.16. The van der Waals surface area contributed by atoms with Crippen molar-refractivity contribution in [1.29, 1.82) is 0 Å². The summed E-state index contributed by atoms with van der Waals surface area (Å²) in [5.41, 5.74) is 0.507. The van der Waals surface area contributed by atoms with Crippen molar-refractivity contribution in [2.75, 3.05) is 24.7 Å².